The Bertz CT molecular complexity index is 3640. The van der Waals surface area contributed by atoms with Crippen LogP contribution in [0.1, 0.15) is 93.0 Å². The zero-order chi connectivity index (χ0) is 55.3. The van der Waals surface area contributed by atoms with E-state index < -0.39 is 112 Å². The van der Waals surface area contributed by atoms with Crippen LogP contribution in [-0.2, 0) is 57.1 Å². The minimum Gasteiger partial charge on any atom is -0.383 e. The molecule has 0 saturated heterocycles. The van der Waals surface area contributed by atoms with Crippen LogP contribution in [0, 0.1) is 25.5 Å². The molecule has 4 aromatic carbocycles. The highest BCUT2D eigenvalue weighted by Gasteiger charge is 2.36. The molecule has 2 aliphatic rings. The van der Waals surface area contributed by atoms with E-state index in [4.69, 9.17) is 22.0 Å². The van der Waals surface area contributed by atoms with Gasteiger partial charge in [0.25, 0.3) is 33.1 Å². The Kier molecular flexibility index (Phi) is 17.3. The number of hydrogen-bond donors (Lipinski definition) is 3. The second-order valence-corrected chi connectivity index (χ2v) is 22.2. The minimum atomic E-state index is -4.60. The van der Waals surface area contributed by atoms with E-state index >= 15 is 0 Å². The van der Waals surface area contributed by atoms with Gasteiger partial charge >= 0.3 is 20.2 Å². The highest BCUT2D eigenvalue weighted by atomic mass is 32.2. The average Bonchev–Trinajstić information content (AvgIpc) is 3.64. The molecule has 0 spiro atoms. The van der Waals surface area contributed by atoms with E-state index in [9.17, 15) is 58.3 Å². The molecule has 6 aromatic rings. The van der Waals surface area contributed by atoms with Crippen LogP contribution >= 0.6 is 0 Å². The van der Waals surface area contributed by atoms with E-state index in [0.29, 0.717) is 22.3 Å². The zero-order valence-electron chi connectivity index (χ0n) is 41.1. The van der Waals surface area contributed by atoms with Gasteiger partial charge in [0, 0.05) is 13.1 Å². The first kappa shape index (κ1) is 56.5. The first-order valence-electron chi connectivity index (χ1n) is 22.9. The summed E-state index contributed by atoms with van der Waals surface area (Å²) in [5.41, 5.74) is -1.57. The molecule has 2 unspecified atom stereocenters. The van der Waals surface area contributed by atoms with Crippen molar-refractivity contribution >= 4 is 42.2 Å². The van der Waals surface area contributed by atoms with Crippen LogP contribution in [0.3, 0.4) is 0 Å². The molecule has 2 aromatic heterocycles. The maximum atomic E-state index is 13.7. The van der Waals surface area contributed by atoms with Crippen LogP contribution in [-0.4, -0.2) is 94.0 Å². The van der Waals surface area contributed by atoms with E-state index in [1.807, 2.05) is 0 Å². The Balaban J connectivity index is 0.000000222. The van der Waals surface area contributed by atoms with Crippen molar-refractivity contribution in [2.45, 2.75) is 74.9 Å². The lowest BCUT2D eigenvalue weighted by molar-refractivity contribution is 0.0384. The van der Waals surface area contributed by atoms with Crippen molar-refractivity contribution in [3.8, 4) is 11.5 Å². The SMILES string of the molecule is Cc1cc(CNC(=O)c2nc3n(c(=O)c2OS(=O)(=O)c2ccccc2)[C@@H](C)COCC3O)ccc1F.Cc1cc(CNC(=O)c2nc3n(c(=O)c2OS(=O)(=O)c2ccccc2)[C@@H](C)COCC3OS(C)(=O)=O)ccc1F. The molecule has 2 amide bonds. The Hall–Kier alpha value is -7.27. The predicted octanol–water partition coefficient (Wildman–Crippen LogP) is 4.01. The maximum Gasteiger partial charge on any atom is 0.339 e. The number of hydrogen-bond acceptors (Lipinski definition) is 18. The second kappa shape index (κ2) is 23.3. The standard InChI is InChI=1S/C25H26FN3O9S2.C24H24FN3O7S/c1-15-11-17(9-10-19(15)26)12-27-24(30)21-22(38-40(34,35)18-7-5-4-6-8-18)25(31)29-16(2)13-36-14-20(23(29)28-21)37-39(3,32)33;1-14-10-16(8-9-18(14)25)11-26-23(30)20-21(35-36(32,33)17-6-4-3-5-7-17)24(31)28-15(2)12-34-13-19(29)22(28)27-20/h4-11,16,20H,12-14H2,1-3H3,(H,27,30);3-10,15,19,29H,11-13H2,1-2H3,(H,26,30)/t16-,20?;15-,19?/m00/s1. The zero-order valence-corrected chi connectivity index (χ0v) is 43.6. The molecule has 0 bridgehead atoms. The fourth-order valence-corrected chi connectivity index (χ4v) is 10.2. The van der Waals surface area contributed by atoms with E-state index in [-0.39, 0.29) is 61.0 Å². The summed E-state index contributed by atoms with van der Waals surface area (Å²) in [5.74, 6) is -4.89. The van der Waals surface area contributed by atoms with Gasteiger partial charge in [-0.15, -0.1) is 0 Å². The van der Waals surface area contributed by atoms with Crippen molar-refractivity contribution in [2.75, 3.05) is 32.7 Å². The van der Waals surface area contributed by atoms with Gasteiger partial charge < -0.3 is 33.6 Å². The van der Waals surface area contributed by atoms with Crippen molar-refractivity contribution < 1.29 is 70.8 Å². The third kappa shape index (κ3) is 13.2. The number of aromatic nitrogens is 4. The average molecular weight is 1110 g/mol. The number of nitrogens with zero attached hydrogens (tertiary/aromatic N) is 4. The molecule has 8 rings (SSSR count). The Morgan fingerprint density at radius 3 is 1.47 bits per heavy atom. The summed E-state index contributed by atoms with van der Waals surface area (Å²) in [4.78, 5) is 61.5. The topological polar surface area (TPSA) is 297 Å². The van der Waals surface area contributed by atoms with Gasteiger partial charge in [-0.05, 0) is 86.3 Å². The number of aliphatic hydroxyl groups is 1. The van der Waals surface area contributed by atoms with E-state index in [2.05, 4.69) is 20.6 Å². The maximum absolute atomic E-state index is 13.7. The second-order valence-electron chi connectivity index (χ2n) is 17.5. The van der Waals surface area contributed by atoms with Crippen molar-refractivity contribution in [1.82, 2.24) is 29.7 Å². The molecule has 76 heavy (non-hydrogen) atoms. The molecule has 0 aliphatic carbocycles. The summed E-state index contributed by atoms with van der Waals surface area (Å²) in [6, 6.07) is 21.1. The van der Waals surface area contributed by atoms with Crippen LogP contribution in [0.2, 0.25) is 0 Å². The van der Waals surface area contributed by atoms with Gasteiger partial charge in [-0.3, -0.25) is 32.5 Å². The molecule has 0 saturated carbocycles. The molecule has 404 valence electrons. The molecule has 22 nitrogen and oxygen atoms in total. The summed E-state index contributed by atoms with van der Waals surface area (Å²) in [5, 5.41) is 15.5. The molecular formula is C49H50F2N6O16S3. The van der Waals surface area contributed by atoms with Crippen molar-refractivity contribution in [3.63, 3.8) is 0 Å². The summed E-state index contributed by atoms with van der Waals surface area (Å²) in [6.07, 6.45) is -1.96. The molecule has 3 N–H and O–H groups in total. The lowest BCUT2D eigenvalue weighted by Crippen LogP contribution is -2.36. The van der Waals surface area contributed by atoms with Crippen molar-refractivity contribution in [3.05, 3.63) is 175 Å². The van der Waals surface area contributed by atoms with Crippen LogP contribution in [0.15, 0.2) is 116 Å². The number of aryl methyl sites for hydroxylation is 2. The molecule has 4 atom stereocenters. The largest absolute Gasteiger partial charge is 0.383 e. The van der Waals surface area contributed by atoms with Gasteiger partial charge in [-0.25, -0.2) is 18.7 Å². The molecule has 2 aliphatic heterocycles. The third-order valence-electron chi connectivity index (χ3n) is 11.5. The number of fused-ring (bicyclic) bond motifs is 2. The number of rotatable bonds is 14. The Morgan fingerprint density at radius 1 is 0.645 bits per heavy atom. The number of nitrogens with one attached hydrogen (secondary N) is 2. The Morgan fingerprint density at radius 2 is 1.05 bits per heavy atom. The van der Waals surface area contributed by atoms with Gasteiger partial charge in [0.1, 0.15) is 39.2 Å². The number of aliphatic hydroxyl groups excluding tert-OH is 1. The van der Waals surface area contributed by atoms with Crippen molar-refractivity contribution in [2.24, 2.45) is 0 Å². The van der Waals surface area contributed by atoms with Crippen LogP contribution < -0.4 is 30.1 Å². The first-order chi connectivity index (χ1) is 35.8. The van der Waals surface area contributed by atoms with Crippen LogP contribution in [0.25, 0.3) is 0 Å². The number of benzene rings is 4. The quantitative estimate of drug-likeness (QED) is 0.130. The van der Waals surface area contributed by atoms with Crippen molar-refractivity contribution in [1.29, 1.82) is 0 Å². The van der Waals surface area contributed by atoms with Gasteiger partial charge in [-0.2, -0.15) is 25.3 Å². The van der Waals surface area contributed by atoms with Crippen LogP contribution in [0.4, 0.5) is 8.78 Å². The minimum absolute atomic E-state index is 0.0476. The number of carbonyl (C=O) groups is 2. The molecule has 4 heterocycles. The fraction of sp³-hybridized carbons (Fsp3) is 0.306. The van der Waals surface area contributed by atoms with Gasteiger partial charge in [0.05, 0.1) is 44.8 Å². The molecular weight excluding hydrogens is 1060 g/mol. The number of amides is 2. The monoisotopic (exact) mass is 1110 g/mol. The molecule has 27 heteroatoms. The Labute approximate surface area is 434 Å². The summed E-state index contributed by atoms with van der Waals surface area (Å²) in [6.45, 7) is 5.59. The molecule has 0 fully saturated rings. The summed E-state index contributed by atoms with van der Waals surface area (Å²) >= 11 is 0. The van der Waals surface area contributed by atoms with Crippen LogP contribution in [0.5, 0.6) is 11.5 Å². The van der Waals surface area contributed by atoms with E-state index in [1.165, 1.54) is 84.9 Å². The first-order valence-corrected chi connectivity index (χ1v) is 27.6. The smallest absolute Gasteiger partial charge is 0.339 e. The predicted molar refractivity (Wildman–Crippen MR) is 265 cm³/mol. The lowest BCUT2D eigenvalue weighted by atomic mass is 10.1. The van der Waals surface area contributed by atoms with E-state index in [1.54, 1.807) is 39.8 Å². The van der Waals surface area contributed by atoms with Gasteiger partial charge in [0.2, 0.25) is 11.5 Å². The third-order valence-corrected chi connectivity index (χ3v) is 14.5. The fourth-order valence-electron chi connectivity index (χ4n) is 7.77. The number of ether oxygens (including phenoxy) is 2. The lowest BCUT2D eigenvalue weighted by Gasteiger charge is -2.21. The highest BCUT2D eigenvalue weighted by Crippen LogP contribution is 2.29. The van der Waals surface area contributed by atoms with Gasteiger partial charge in [0.15, 0.2) is 17.5 Å². The highest BCUT2D eigenvalue weighted by molar-refractivity contribution is 7.87. The van der Waals surface area contributed by atoms with E-state index in [0.717, 1.165) is 15.4 Å². The number of halogens is 2. The molecule has 0 radical (unpaired) electrons. The number of carbonyl (C=O) groups excluding carboxylic acids is 2. The summed E-state index contributed by atoms with van der Waals surface area (Å²) < 4.78 is 131. The normalized spacial score (nSPS) is 17.6. The summed E-state index contributed by atoms with van der Waals surface area (Å²) in [7, 11) is -13.2. The van der Waals surface area contributed by atoms with Gasteiger partial charge in [-0.1, -0.05) is 60.7 Å².